The minimum Gasteiger partial charge on any atom is -0.481 e. The molecule has 0 fully saturated rings. The van der Waals surface area contributed by atoms with Crippen LogP contribution in [-0.4, -0.2) is 28.3 Å². The van der Waals surface area contributed by atoms with Crippen LogP contribution in [0.1, 0.15) is 0 Å². The summed E-state index contributed by atoms with van der Waals surface area (Å²) in [6.45, 7) is 0. The maximum Gasteiger partial charge on any atom is 0.410 e. The topological polar surface area (TPSA) is 74.6 Å². The summed E-state index contributed by atoms with van der Waals surface area (Å²) < 4.78 is 36.4. The van der Waals surface area contributed by atoms with E-state index >= 15 is 0 Å². The van der Waals surface area contributed by atoms with Gasteiger partial charge in [0.1, 0.15) is 5.92 Å². The summed E-state index contributed by atoms with van der Waals surface area (Å²) in [7, 11) is 0. The molecule has 1 rings (SSSR count). The molecule has 17 heavy (non-hydrogen) atoms. The molecular weight excluding hydrogens is 241 g/mol. The molecule has 0 aromatic rings. The molecule has 0 saturated carbocycles. The van der Waals surface area contributed by atoms with Crippen LogP contribution in [0.3, 0.4) is 0 Å². The second-order valence-corrected chi connectivity index (χ2v) is 3.24. The van der Waals surface area contributed by atoms with E-state index in [-0.39, 0.29) is 6.08 Å². The molecule has 0 aliphatic heterocycles. The number of aliphatic carboxylic acids is 2. The minimum absolute atomic E-state index is 0.210. The predicted molar refractivity (Wildman–Crippen MR) is 50.1 cm³/mol. The molecule has 0 aromatic carbocycles. The van der Waals surface area contributed by atoms with E-state index in [2.05, 4.69) is 0 Å². The molecule has 0 amide bonds. The van der Waals surface area contributed by atoms with Gasteiger partial charge in [-0.2, -0.15) is 13.2 Å². The van der Waals surface area contributed by atoms with E-state index in [1.54, 1.807) is 0 Å². The van der Waals surface area contributed by atoms with E-state index in [1.165, 1.54) is 0 Å². The zero-order valence-electron chi connectivity index (χ0n) is 8.23. The highest BCUT2D eigenvalue weighted by Crippen LogP contribution is 2.30. The van der Waals surface area contributed by atoms with Crippen LogP contribution in [0, 0.1) is 5.92 Å². The molecule has 0 radical (unpaired) electrons. The second-order valence-electron chi connectivity index (χ2n) is 3.24. The normalized spacial score (nSPS) is 22.4. The molecule has 4 nitrogen and oxygen atoms in total. The zero-order valence-corrected chi connectivity index (χ0v) is 8.23. The molecule has 1 aliphatic rings. The number of halogens is 3. The lowest BCUT2D eigenvalue weighted by atomic mass is 9.86. The van der Waals surface area contributed by atoms with E-state index in [4.69, 9.17) is 10.2 Å². The van der Waals surface area contributed by atoms with Crippen molar-refractivity contribution in [1.82, 2.24) is 0 Å². The number of carbonyl (C=O) groups is 2. The standard InChI is InChI=1S/C10H7F3O4/c11-10(12,13)4-5-2-1-3-6(8(14)15)7(5)9(16)17/h1-4,7H,(H,14,15)(H,16,17). The summed E-state index contributed by atoms with van der Waals surface area (Å²) >= 11 is 0. The molecule has 1 atom stereocenters. The van der Waals surface area contributed by atoms with E-state index < -0.39 is 35.2 Å². The number of hydrogen-bond donors (Lipinski definition) is 2. The van der Waals surface area contributed by atoms with Gasteiger partial charge >= 0.3 is 18.1 Å². The highest BCUT2D eigenvalue weighted by molar-refractivity contribution is 5.97. The molecule has 1 aliphatic carbocycles. The van der Waals surface area contributed by atoms with Crippen molar-refractivity contribution in [3.63, 3.8) is 0 Å². The smallest absolute Gasteiger partial charge is 0.410 e. The lowest BCUT2D eigenvalue weighted by Gasteiger charge is -2.18. The molecule has 0 aromatic heterocycles. The Labute approximate surface area is 93.4 Å². The summed E-state index contributed by atoms with van der Waals surface area (Å²) in [5.74, 6) is -5.01. The Morgan fingerprint density at radius 1 is 1.29 bits per heavy atom. The maximum atomic E-state index is 12.1. The molecule has 7 heteroatoms. The van der Waals surface area contributed by atoms with E-state index in [0.717, 1.165) is 18.2 Å². The third kappa shape index (κ3) is 3.20. The van der Waals surface area contributed by atoms with Crippen LogP contribution in [0.4, 0.5) is 13.2 Å². The van der Waals surface area contributed by atoms with Crippen LogP contribution >= 0.6 is 0 Å². The van der Waals surface area contributed by atoms with Gasteiger partial charge in [-0.1, -0.05) is 18.2 Å². The molecule has 2 N–H and O–H groups in total. The number of carboxylic acid groups (broad SMARTS) is 2. The van der Waals surface area contributed by atoms with E-state index in [1.807, 2.05) is 0 Å². The average Bonchev–Trinajstić information content (AvgIpc) is 2.14. The van der Waals surface area contributed by atoms with Gasteiger partial charge in [-0.15, -0.1) is 0 Å². The average molecular weight is 248 g/mol. The van der Waals surface area contributed by atoms with Crippen LogP contribution in [-0.2, 0) is 9.59 Å². The Balaban J connectivity index is 3.23. The van der Waals surface area contributed by atoms with Crippen molar-refractivity contribution < 1.29 is 33.0 Å². The first-order chi connectivity index (χ1) is 7.72. The fourth-order valence-electron chi connectivity index (χ4n) is 1.43. The zero-order chi connectivity index (χ0) is 13.2. The molecule has 0 saturated heterocycles. The van der Waals surface area contributed by atoms with Gasteiger partial charge in [-0.05, 0) is 5.57 Å². The van der Waals surface area contributed by atoms with Gasteiger partial charge in [0.05, 0.1) is 5.57 Å². The van der Waals surface area contributed by atoms with Crippen molar-refractivity contribution in [3.05, 3.63) is 35.5 Å². The highest BCUT2D eigenvalue weighted by atomic mass is 19.4. The van der Waals surface area contributed by atoms with Gasteiger partial charge < -0.3 is 10.2 Å². The molecule has 1 unspecified atom stereocenters. The van der Waals surface area contributed by atoms with Gasteiger partial charge in [0.15, 0.2) is 0 Å². The van der Waals surface area contributed by atoms with Crippen molar-refractivity contribution in [2.75, 3.05) is 0 Å². The van der Waals surface area contributed by atoms with Crippen LogP contribution in [0.25, 0.3) is 0 Å². The van der Waals surface area contributed by atoms with Crippen LogP contribution < -0.4 is 0 Å². The number of rotatable bonds is 2. The summed E-state index contributed by atoms with van der Waals surface area (Å²) in [5.41, 5.74) is -1.21. The number of carboxylic acids is 2. The lowest BCUT2D eigenvalue weighted by Crippen LogP contribution is -2.25. The molecular formula is C10H7F3O4. The lowest BCUT2D eigenvalue weighted by molar-refractivity contribution is -0.142. The molecule has 0 bridgehead atoms. The Hall–Kier alpha value is -2.05. The van der Waals surface area contributed by atoms with Gasteiger partial charge in [-0.3, -0.25) is 4.79 Å². The van der Waals surface area contributed by atoms with Crippen molar-refractivity contribution >= 4 is 11.9 Å². The Bertz CT molecular complexity index is 443. The predicted octanol–water partition coefficient (Wildman–Crippen LogP) is 1.76. The van der Waals surface area contributed by atoms with Crippen molar-refractivity contribution in [2.45, 2.75) is 6.18 Å². The van der Waals surface area contributed by atoms with Gasteiger partial charge in [-0.25, -0.2) is 4.79 Å². The fourth-order valence-corrected chi connectivity index (χ4v) is 1.43. The largest absolute Gasteiger partial charge is 0.481 e. The fraction of sp³-hybridized carbons (Fsp3) is 0.200. The van der Waals surface area contributed by atoms with E-state index in [0.29, 0.717) is 0 Å². The summed E-state index contributed by atoms with van der Waals surface area (Å²) in [6, 6.07) is 0. The van der Waals surface area contributed by atoms with E-state index in [9.17, 15) is 22.8 Å². The Morgan fingerprint density at radius 3 is 2.29 bits per heavy atom. The molecule has 0 spiro atoms. The van der Waals surface area contributed by atoms with Crippen LogP contribution in [0.5, 0.6) is 0 Å². The minimum atomic E-state index is -4.70. The van der Waals surface area contributed by atoms with Crippen molar-refractivity contribution in [2.24, 2.45) is 5.92 Å². The number of hydrogen-bond acceptors (Lipinski definition) is 2. The van der Waals surface area contributed by atoms with Gasteiger partial charge in [0.2, 0.25) is 0 Å². The monoisotopic (exact) mass is 248 g/mol. The second kappa shape index (κ2) is 4.44. The quantitative estimate of drug-likeness (QED) is 0.780. The highest BCUT2D eigenvalue weighted by Gasteiger charge is 2.35. The first-order valence-corrected chi connectivity index (χ1v) is 4.36. The van der Waals surface area contributed by atoms with Gasteiger partial charge in [0, 0.05) is 6.08 Å². The number of allylic oxidation sites excluding steroid dienone is 4. The first kappa shape index (κ1) is 13.0. The van der Waals surface area contributed by atoms with Gasteiger partial charge in [0.25, 0.3) is 0 Å². The van der Waals surface area contributed by atoms with Crippen LogP contribution in [0.2, 0.25) is 0 Å². The number of alkyl halides is 3. The summed E-state index contributed by atoms with van der Waals surface area (Å²) in [6.07, 6.45) is -1.94. The summed E-state index contributed by atoms with van der Waals surface area (Å²) in [4.78, 5) is 21.5. The third-order valence-corrected chi connectivity index (χ3v) is 2.03. The SMILES string of the molecule is O=C(O)C1=CC=CC(=CC(F)(F)F)C1C(=O)O. The van der Waals surface area contributed by atoms with Crippen molar-refractivity contribution in [3.8, 4) is 0 Å². The van der Waals surface area contributed by atoms with Crippen LogP contribution in [0.15, 0.2) is 35.5 Å². The third-order valence-electron chi connectivity index (χ3n) is 2.03. The Morgan fingerprint density at radius 2 is 1.88 bits per heavy atom. The summed E-state index contributed by atoms with van der Waals surface area (Å²) in [5, 5.41) is 17.5. The molecule has 92 valence electrons. The Kier molecular flexibility index (Phi) is 3.40. The van der Waals surface area contributed by atoms with Crippen molar-refractivity contribution in [1.29, 1.82) is 0 Å². The maximum absolute atomic E-state index is 12.1. The molecule has 0 heterocycles. The first-order valence-electron chi connectivity index (χ1n) is 4.36.